The maximum Gasteiger partial charge on any atom is 0.422 e. The molecule has 6 fully saturated rings. The minimum Gasteiger partial charge on any atom is -0.484 e. The molecule has 2 saturated heterocycles. The molecular formula is C46H52F6N6O8S2. The fourth-order valence-corrected chi connectivity index (χ4v) is 11.5. The summed E-state index contributed by atoms with van der Waals surface area (Å²) < 4.78 is 111. The first-order valence-corrected chi connectivity index (χ1v) is 24.7. The van der Waals surface area contributed by atoms with Gasteiger partial charge in [0.25, 0.3) is 0 Å². The van der Waals surface area contributed by atoms with E-state index in [4.69, 9.17) is 9.47 Å². The molecule has 2 aromatic rings. The van der Waals surface area contributed by atoms with Crippen molar-refractivity contribution in [3.8, 4) is 23.6 Å². The highest BCUT2D eigenvalue weighted by molar-refractivity contribution is 8.00. The minimum absolute atomic E-state index is 0.0276. The van der Waals surface area contributed by atoms with E-state index in [1.165, 1.54) is 41.8 Å². The van der Waals surface area contributed by atoms with Gasteiger partial charge in [0.15, 0.2) is 23.1 Å². The number of thioether (sulfide) groups is 1. The van der Waals surface area contributed by atoms with Crippen LogP contribution in [-0.4, -0.2) is 114 Å². The number of sulfone groups is 1. The van der Waals surface area contributed by atoms with Crippen LogP contribution in [0.1, 0.15) is 89.2 Å². The summed E-state index contributed by atoms with van der Waals surface area (Å²) in [5.41, 5.74) is -1.85. The molecule has 8 rings (SSSR count). The van der Waals surface area contributed by atoms with Gasteiger partial charge in [-0.2, -0.15) is 36.9 Å². The second kappa shape index (κ2) is 18.3. The molecule has 2 N–H and O–H groups in total. The minimum atomic E-state index is -4.53. The monoisotopic (exact) mass is 994 g/mol. The molecule has 68 heavy (non-hydrogen) atoms. The summed E-state index contributed by atoms with van der Waals surface area (Å²) in [4.78, 5) is 56.1. The number of carbonyl (C=O) groups excluding carboxylic acids is 4. The van der Waals surface area contributed by atoms with E-state index >= 15 is 0 Å². The molecule has 4 aliphatic carbocycles. The Bertz CT molecular complexity index is 2540. The number of amides is 4. The van der Waals surface area contributed by atoms with Crippen LogP contribution in [0.2, 0.25) is 0 Å². The lowest BCUT2D eigenvalue weighted by Crippen LogP contribution is -2.50. The zero-order valence-electron chi connectivity index (χ0n) is 37.8. The first kappa shape index (κ1) is 50.7. The summed E-state index contributed by atoms with van der Waals surface area (Å²) >= 11 is 1.51. The van der Waals surface area contributed by atoms with Crippen molar-refractivity contribution in [2.24, 2.45) is 10.8 Å². The molecular weight excluding hydrogens is 943 g/mol. The molecule has 22 heteroatoms. The summed E-state index contributed by atoms with van der Waals surface area (Å²) in [5, 5.41) is 23.0. The van der Waals surface area contributed by atoms with E-state index in [0.29, 0.717) is 51.5 Å². The van der Waals surface area contributed by atoms with Crippen molar-refractivity contribution >= 4 is 45.2 Å². The lowest BCUT2D eigenvalue weighted by atomic mass is 10.1. The third-order valence-corrected chi connectivity index (χ3v) is 17.2. The van der Waals surface area contributed by atoms with Gasteiger partial charge in [0.05, 0.1) is 22.3 Å². The Balaban J connectivity index is 0.000000202. The van der Waals surface area contributed by atoms with E-state index in [9.17, 15) is 64.5 Å². The SMILES string of the molecule is Cc1cc(OCC(F)(F)F)ccc1S(=O)(=O)[C@@H]1C[C@@H](C(=O)NC2(C#N)CC2)N(C(=O)C2(C)CC2)C1.Cc1cc(OCC(F)(F)F)ccc1S[C@@H]1C[C@@H](C(=O)NC2(C#N)CC2)N(C(=O)C2(C)CC2)C1. The van der Waals surface area contributed by atoms with Crippen molar-refractivity contribution in [2.75, 3.05) is 26.3 Å². The Morgan fingerprint density at radius 2 is 1.15 bits per heavy atom. The van der Waals surface area contributed by atoms with Crippen LogP contribution in [0, 0.1) is 47.3 Å². The zero-order chi connectivity index (χ0) is 49.8. The van der Waals surface area contributed by atoms with Crippen molar-refractivity contribution in [1.82, 2.24) is 20.4 Å². The normalized spacial score (nSPS) is 24.5. The van der Waals surface area contributed by atoms with Crippen LogP contribution in [0.3, 0.4) is 0 Å². The maximum absolute atomic E-state index is 13.5. The number of aryl methyl sites for hydroxylation is 2. The Morgan fingerprint density at radius 1 is 0.706 bits per heavy atom. The first-order chi connectivity index (χ1) is 31.6. The summed E-state index contributed by atoms with van der Waals surface area (Å²) in [6.07, 6.45) is -3.49. The number of likely N-dealkylation sites (tertiary alicyclic amines) is 2. The fourth-order valence-electron chi connectivity index (χ4n) is 8.33. The van der Waals surface area contributed by atoms with Crippen molar-refractivity contribution in [3.05, 3.63) is 47.5 Å². The first-order valence-electron chi connectivity index (χ1n) is 22.2. The van der Waals surface area contributed by atoms with Gasteiger partial charge in [-0.25, -0.2) is 8.42 Å². The van der Waals surface area contributed by atoms with Crippen LogP contribution in [0.15, 0.2) is 46.2 Å². The largest absolute Gasteiger partial charge is 0.484 e. The van der Waals surface area contributed by atoms with Crippen LogP contribution in [0.5, 0.6) is 11.5 Å². The molecule has 6 aliphatic rings. The third-order valence-electron chi connectivity index (χ3n) is 13.5. The van der Waals surface area contributed by atoms with Gasteiger partial charge in [-0.1, -0.05) is 13.8 Å². The quantitative estimate of drug-likeness (QED) is 0.193. The van der Waals surface area contributed by atoms with Crippen molar-refractivity contribution in [3.63, 3.8) is 0 Å². The summed E-state index contributed by atoms with van der Waals surface area (Å²) in [6, 6.07) is 10.9. The van der Waals surface area contributed by atoms with E-state index in [2.05, 4.69) is 22.8 Å². The summed E-state index contributed by atoms with van der Waals surface area (Å²) in [6.45, 7) is 4.29. The van der Waals surface area contributed by atoms with E-state index in [-0.39, 0.29) is 57.9 Å². The molecule has 4 atom stereocenters. The van der Waals surface area contributed by atoms with Crippen LogP contribution in [0.25, 0.3) is 0 Å². The molecule has 0 bridgehead atoms. The molecule has 0 spiro atoms. The van der Waals surface area contributed by atoms with Gasteiger partial charge in [0.1, 0.15) is 34.7 Å². The molecule has 0 aromatic heterocycles. The number of nitriles is 2. The number of ether oxygens (including phenoxy) is 2. The number of alkyl halides is 6. The van der Waals surface area contributed by atoms with E-state index in [1.807, 2.05) is 6.92 Å². The van der Waals surface area contributed by atoms with E-state index in [0.717, 1.165) is 29.4 Å². The van der Waals surface area contributed by atoms with Gasteiger partial charge in [-0.15, -0.1) is 11.8 Å². The lowest BCUT2D eigenvalue weighted by Gasteiger charge is -2.27. The second-order valence-electron chi connectivity index (χ2n) is 19.5. The predicted molar refractivity (Wildman–Crippen MR) is 232 cm³/mol. The Morgan fingerprint density at radius 3 is 1.56 bits per heavy atom. The number of carbonyl (C=O) groups is 4. The third kappa shape index (κ3) is 11.6. The average molecular weight is 995 g/mol. The zero-order valence-corrected chi connectivity index (χ0v) is 39.4. The number of rotatable bonds is 14. The Hall–Kier alpha value is -5.22. The standard InChI is InChI=1S/C23H26F3N3O5S.C23H26F3N3O3S/c1-14-9-15(34-13-23(24,25)26)3-4-18(14)35(32,33)16-10-17(19(30)28-22(12-27)7-8-22)29(11-16)20(31)21(2)5-6-21;1-14-9-15(32-13-23(24,25)26)3-4-18(14)33-16-10-17(19(30)28-22(12-27)7-8-22)29(11-16)20(31)21(2)5-6-21/h3-4,9,16-17H,5-8,10-11,13H2,1-2H3,(H,28,30);3-4,9,16-17H,5-8,10-11,13H2,1-2H3,(H,28,30)/t2*16-,17+/m11/s1. The maximum atomic E-state index is 13.5. The lowest BCUT2D eigenvalue weighted by molar-refractivity contribution is -0.154. The number of halogens is 6. The van der Waals surface area contributed by atoms with Crippen molar-refractivity contribution in [1.29, 1.82) is 10.5 Å². The molecule has 2 heterocycles. The smallest absolute Gasteiger partial charge is 0.422 e. The van der Waals surface area contributed by atoms with Crippen LogP contribution >= 0.6 is 11.8 Å². The highest BCUT2D eigenvalue weighted by atomic mass is 32.2. The topological polar surface area (TPSA) is 199 Å². The van der Waals surface area contributed by atoms with Crippen molar-refractivity contribution in [2.45, 2.75) is 148 Å². The molecule has 2 aliphatic heterocycles. The van der Waals surface area contributed by atoms with Crippen LogP contribution in [-0.2, 0) is 29.0 Å². The summed E-state index contributed by atoms with van der Waals surface area (Å²) in [7, 11) is -4.04. The van der Waals surface area contributed by atoms with Gasteiger partial charge in [0.2, 0.25) is 23.6 Å². The number of nitrogens with zero attached hydrogens (tertiary/aromatic N) is 4. The molecule has 0 radical (unpaired) electrons. The van der Waals surface area contributed by atoms with Crippen molar-refractivity contribution < 1.29 is 63.4 Å². The molecule has 368 valence electrons. The average Bonchev–Trinajstić information content (AvgIpc) is 4.21. The van der Waals surface area contributed by atoms with Gasteiger partial charge in [-0.05, 0) is 126 Å². The molecule has 14 nitrogen and oxygen atoms in total. The summed E-state index contributed by atoms with van der Waals surface area (Å²) in [5.74, 6) is -1.13. The molecule has 0 unspecified atom stereocenters. The van der Waals surface area contributed by atoms with E-state index in [1.54, 1.807) is 30.9 Å². The van der Waals surface area contributed by atoms with E-state index < -0.39 is 80.6 Å². The van der Waals surface area contributed by atoms with Gasteiger partial charge in [0, 0.05) is 34.1 Å². The number of nitrogens with one attached hydrogen (secondary N) is 2. The highest BCUT2D eigenvalue weighted by Gasteiger charge is 2.56. The number of hydrogen-bond acceptors (Lipinski definition) is 11. The number of hydrogen-bond donors (Lipinski definition) is 2. The van der Waals surface area contributed by atoms with Gasteiger partial charge >= 0.3 is 12.4 Å². The molecule has 2 aromatic carbocycles. The Labute approximate surface area is 394 Å². The second-order valence-corrected chi connectivity index (χ2v) is 23.0. The molecule has 4 saturated carbocycles. The van der Waals surface area contributed by atoms with Gasteiger partial charge in [-0.3, -0.25) is 19.2 Å². The van der Waals surface area contributed by atoms with Crippen LogP contribution in [0.4, 0.5) is 26.3 Å². The van der Waals surface area contributed by atoms with Gasteiger partial charge < -0.3 is 29.9 Å². The molecule has 4 amide bonds. The number of benzene rings is 2. The Kier molecular flexibility index (Phi) is 13.6. The predicted octanol–water partition coefficient (Wildman–Crippen LogP) is 6.62. The van der Waals surface area contributed by atoms with Crippen LogP contribution < -0.4 is 20.1 Å². The fraction of sp³-hybridized carbons (Fsp3) is 0.609. The highest BCUT2D eigenvalue weighted by Crippen LogP contribution is 2.50.